The summed E-state index contributed by atoms with van der Waals surface area (Å²) in [5, 5.41) is 15.8. The highest BCUT2D eigenvalue weighted by atomic mass is 32.1. The van der Waals surface area contributed by atoms with E-state index in [0.717, 1.165) is 60.4 Å². The quantitative estimate of drug-likeness (QED) is 0.223. The van der Waals surface area contributed by atoms with Crippen molar-refractivity contribution in [3.63, 3.8) is 0 Å². The van der Waals surface area contributed by atoms with Crippen LogP contribution < -0.4 is 15.0 Å². The van der Waals surface area contributed by atoms with Gasteiger partial charge in [0, 0.05) is 68.5 Å². The number of esters is 1. The molecule has 11 heteroatoms. The molecule has 0 radical (unpaired) electrons. The Labute approximate surface area is 237 Å². The van der Waals surface area contributed by atoms with E-state index in [9.17, 15) is 14.9 Å². The molecule has 0 amide bonds. The molecule has 0 aliphatic carbocycles. The summed E-state index contributed by atoms with van der Waals surface area (Å²) in [6.45, 7) is 8.25. The molecular weight excluding hydrogens is 530 g/mol. The van der Waals surface area contributed by atoms with E-state index in [1.165, 1.54) is 17.6 Å². The van der Waals surface area contributed by atoms with Crippen molar-refractivity contribution >= 4 is 33.9 Å². The second kappa shape index (κ2) is 12.1. The van der Waals surface area contributed by atoms with E-state index in [4.69, 9.17) is 13.8 Å². The molecule has 2 aromatic carbocycles. The number of hydrogen-bond donors (Lipinski definition) is 1. The molecule has 3 heterocycles. The van der Waals surface area contributed by atoms with E-state index in [1.807, 2.05) is 31.2 Å². The number of nitrogens with one attached hydrogen (secondary N) is 1. The molecule has 10 nitrogen and oxygen atoms in total. The van der Waals surface area contributed by atoms with Crippen LogP contribution in [-0.2, 0) is 16.0 Å². The molecule has 0 bridgehead atoms. The van der Waals surface area contributed by atoms with Crippen molar-refractivity contribution in [2.24, 2.45) is 0 Å². The number of aromatic nitrogens is 1. The molecule has 2 aliphatic heterocycles. The van der Waals surface area contributed by atoms with Gasteiger partial charge in [-0.3, -0.25) is 15.0 Å². The summed E-state index contributed by atoms with van der Waals surface area (Å²) in [6, 6.07) is 14.6. The first-order chi connectivity index (χ1) is 19.4. The third kappa shape index (κ3) is 5.52. The average Bonchev–Trinajstić information content (AvgIpc) is 3.37. The molecule has 1 atom stereocenters. The lowest BCUT2D eigenvalue weighted by Crippen LogP contribution is -2.47. The van der Waals surface area contributed by atoms with Crippen molar-refractivity contribution in [1.82, 2.24) is 9.27 Å². The maximum absolute atomic E-state index is 13.2. The minimum atomic E-state index is -0.508. The van der Waals surface area contributed by atoms with Gasteiger partial charge in [-0.05, 0) is 43.1 Å². The number of hydrogen-bond acceptors (Lipinski definition) is 10. The number of non-ortho nitro benzene ring substituents is 1. The van der Waals surface area contributed by atoms with Gasteiger partial charge in [0.15, 0.2) is 0 Å². The molecule has 40 heavy (non-hydrogen) atoms. The summed E-state index contributed by atoms with van der Waals surface area (Å²) in [5.41, 5.74) is 4.68. The van der Waals surface area contributed by atoms with E-state index >= 15 is 0 Å². The Morgan fingerprint density at radius 1 is 1.18 bits per heavy atom. The molecular formula is C29H33N5O5S. The smallest absolute Gasteiger partial charge is 0.336 e. The van der Waals surface area contributed by atoms with Crippen LogP contribution in [0.3, 0.4) is 0 Å². The summed E-state index contributed by atoms with van der Waals surface area (Å²) >= 11 is 1.36. The lowest BCUT2D eigenvalue weighted by molar-refractivity contribution is -0.384. The molecule has 0 saturated carbocycles. The van der Waals surface area contributed by atoms with E-state index in [2.05, 4.69) is 21.2 Å². The summed E-state index contributed by atoms with van der Waals surface area (Å²) in [6.07, 6.45) is 0.697. The molecule has 1 unspecified atom stereocenters. The summed E-state index contributed by atoms with van der Waals surface area (Å²) < 4.78 is 15.8. The zero-order chi connectivity index (χ0) is 28.2. The summed E-state index contributed by atoms with van der Waals surface area (Å²) in [4.78, 5) is 29.1. The molecule has 1 aromatic heterocycles. The number of allylic oxidation sites excluding steroid dienone is 1. The number of ether oxygens (including phenoxy) is 2. The van der Waals surface area contributed by atoms with E-state index in [1.54, 1.807) is 26.2 Å². The monoisotopic (exact) mass is 563 g/mol. The minimum Gasteiger partial charge on any atom is -0.495 e. The zero-order valence-corrected chi connectivity index (χ0v) is 23.7. The van der Waals surface area contributed by atoms with Crippen LogP contribution >= 0.6 is 11.5 Å². The highest BCUT2D eigenvalue weighted by Gasteiger charge is 2.37. The standard InChI is InChI=1S/C29H33N5O5S/c1-4-39-29(35)25-19(2)30-28-27(26(25)20-8-7-9-21(18-20)34(36)37)22(31-40-28)12-13-32-14-16-33(17-15-32)23-10-5-6-11-24(23)38-3/h5-11,18,26,30H,4,12-17H2,1-3H3. The number of carbonyl (C=O) groups is 1. The number of nitro benzene ring substituents is 1. The van der Waals surface area contributed by atoms with Gasteiger partial charge in [-0.2, -0.15) is 4.37 Å². The molecule has 210 valence electrons. The van der Waals surface area contributed by atoms with Gasteiger partial charge >= 0.3 is 5.97 Å². The van der Waals surface area contributed by atoms with Gasteiger partial charge in [0.1, 0.15) is 10.8 Å². The van der Waals surface area contributed by atoms with Crippen molar-refractivity contribution in [2.75, 3.05) is 56.7 Å². The van der Waals surface area contributed by atoms with Gasteiger partial charge in [0.05, 0.1) is 35.6 Å². The second-order valence-corrected chi connectivity index (χ2v) is 10.6. The van der Waals surface area contributed by atoms with Crippen LogP contribution in [0.25, 0.3) is 0 Å². The SMILES string of the molecule is CCOC(=O)C1=C(C)Nc2snc(CCN3CCN(c4ccccc4OC)CC3)c2C1c1cccc([N+](=O)[O-])c1. The van der Waals surface area contributed by atoms with Crippen molar-refractivity contribution in [3.8, 4) is 5.75 Å². The highest BCUT2D eigenvalue weighted by molar-refractivity contribution is 7.10. The number of benzene rings is 2. The zero-order valence-electron chi connectivity index (χ0n) is 22.9. The van der Waals surface area contributed by atoms with Crippen molar-refractivity contribution in [3.05, 3.63) is 86.7 Å². The third-order valence-corrected chi connectivity index (χ3v) is 8.27. The first kappa shape index (κ1) is 27.6. The van der Waals surface area contributed by atoms with Crippen LogP contribution in [0.2, 0.25) is 0 Å². The Balaban J connectivity index is 1.37. The number of anilines is 2. The van der Waals surface area contributed by atoms with E-state index in [-0.39, 0.29) is 12.3 Å². The molecule has 1 fully saturated rings. The number of carbonyl (C=O) groups excluding carboxylic acids is 1. The fourth-order valence-corrected chi connectivity index (χ4v) is 6.42. The Morgan fingerprint density at radius 2 is 1.95 bits per heavy atom. The number of fused-ring (bicyclic) bond motifs is 1. The molecule has 5 rings (SSSR count). The normalized spacial score (nSPS) is 17.3. The predicted octanol–water partition coefficient (Wildman–Crippen LogP) is 4.82. The number of nitrogens with zero attached hydrogens (tertiary/aromatic N) is 4. The maximum atomic E-state index is 13.2. The van der Waals surface area contributed by atoms with E-state index < -0.39 is 16.8 Å². The lowest BCUT2D eigenvalue weighted by Gasteiger charge is -2.36. The Hall–Kier alpha value is -3.96. The fourth-order valence-electron chi connectivity index (χ4n) is 5.50. The topological polar surface area (TPSA) is 110 Å². The van der Waals surface area contributed by atoms with Gasteiger partial charge in [0.2, 0.25) is 0 Å². The molecule has 0 spiro atoms. The number of piperazine rings is 1. The van der Waals surface area contributed by atoms with Crippen LogP contribution in [0.5, 0.6) is 5.75 Å². The number of rotatable bonds is 9. The van der Waals surface area contributed by atoms with Crippen LogP contribution in [0.15, 0.2) is 59.8 Å². The van der Waals surface area contributed by atoms with Gasteiger partial charge in [-0.25, -0.2) is 4.79 Å². The summed E-state index contributed by atoms with van der Waals surface area (Å²) in [7, 11) is 1.70. The third-order valence-electron chi connectivity index (χ3n) is 7.46. The van der Waals surface area contributed by atoms with Crippen LogP contribution in [0, 0.1) is 10.1 Å². The van der Waals surface area contributed by atoms with Crippen LogP contribution in [0.4, 0.5) is 16.4 Å². The Morgan fingerprint density at radius 3 is 2.67 bits per heavy atom. The van der Waals surface area contributed by atoms with E-state index in [0.29, 0.717) is 23.3 Å². The summed E-state index contributed by atoms with van der Waals surface area (Å²) in [5.74, 6) is -0.0592. The molecule has 3 aromatic rings. The Bertz CT molecular complexity index is 1430. The Kier molecular flexibility index (Phi) is 8.32. The molecule has 2 aliphatic rings. The van der Waals surface area contributed by atoms with Gasteiger partial charge < -0.3 is 19.7 Å². The van der Waals surface area contributed by atoms with Crippen LogP contribution in [-0.4, -0.2) is 66.6 Å². The molecule has 1 saturated heterocycles. The van der Waals surface area contributed by atoms with Crippen LogP contribution in [0.1, 0.15) is 36.6 Å². The minimum absolute atomic E-state index is 0.0175. The highest BCUT2D eigenvalue weighted by Crippen LogP contribution is 2.46. The largest absolute Gasteiger partial charge is 0.495 e. The van der Waals surface area contributed by atoms with Gasteiger partial charge in [0.25, 0.3) is 5.69 Å². The average molecular weight is 564 g/mol. The fraction of sp³-hybridized carbons (Fsp3) is 0.379. The van der Waals surface area contributed by atoms with Crippen molar-refractivity contribution < 1.29 is 19.2 Å². The molecule has 1 N–H and O–H groups in total. The van der Waals surface area contributed by atoms with Crippen molar-refractivity contribution in [1.29, 1.82) is 0 Å². The first-order valence-electron chi connectivity index (χ1n) is 13.4. The van der Waals surface area contributed by atoms with Gasteiger partial charge in [-0.15, -0.1) is 0 Å². The first-order valence-corrected chi connectivity index (χ1v) is 14.2. The number of nitro groups is 1. The second-order valence-electron chi connectivity index (χ2n) is 9.79. The number of para-hydroxylation sites is 2. The maximum Gasteiger partial charge on any atom is 0.336 e. The van der Waals surface area contributed by atoms with Crippen molar-refractivity contribution in [2.45, 2.75) is 26.2 Å². The predicted molar refractivity (Wildman–Crippen MR) is 155 cm³/mol. The number of methoxy groups -OCH3 is 1. The van der Waals surface area contributed by atoms with Gasteiger partial charge in [-0.1, -0.05) is 24.3 Å². The lowest BCUT2D eigenvalue weighted by atomic mass is 9.81.